The fraction of sp³-hybridized carbons (Fsp3) is 0. The molecule has 0 saturated heterocycles. The van der Waals surface area contributed by atoms with Crippen molar-refractivity contribution in [1.82, 2.24) is 0 Å². The number of nitro benzene ring substituents is 3. The molecule has 0 unspecified atom stereocenters. The van der Waals surface area contributed by atoms with E-state index in [1.807, 2.05) is 0 Å². The number of carboxylic acid groups (broad SMARTS) is 3. The van der Waals surface area contributed by atoms with Crippen molar-refractivity contribution in [3.8, 4) is 0 Å². The molecule has 126 valence electrons. The van der Waals surface area contributed by atoms with E-state index in [0.29, 0.717) is 0 Å². The van der Waals surface area contributed by atoms with Crippen molar-refractivity contribution in [1.29, 1.82) is 0 Å². The van der Waals surface area contributed by atoms with Gasteiger partial charge in [0, 0.05) is 0 Å². The lowest BCUT2D eigenvalue weighted by Crippen LogP contribution is -2.19. The molecule has 15 heteroatoms. The second kappa shape index (κ2) is 5.91. The van der Waals surface area contributed by atoms with Gasteiger partial charge < -0.3 is 15.3 Å². The normalized spacial score (nSPS) is 10.0. The number of hydrogen-bond acceptors (Lipinski definition) is 9. The smallest absolute Gasteiger partial charge is 0.349 e. The van der Waals surface area contributed by atoms with Crippen molar-refractivity contribution < 1.29 is 44.5 Å². The van der Waals surface area contributed by atoms with E-state index < -0.39 is 66.4 Å². The van der Waals surface area contributed by atoms with Crippen LogP contribution in [0.25, 0.3) is 0 Å². The first-order valence-corrected chi connectivity index (χ1v) is 5.30. The van der Waals surface area contributed by atoms with E-state index in [9.17, 15) is 44.7 Å². The van der Waals surface area contributed by atoms with Gasteiger partial charge in [0.1, 0.15) is 0 Å². The number of nitrogens with zero attached hydrogens (tertiary/aromatic N) is 3. The Bertz CT molecular complexity index is 643. The molecule has 1 aromatic rings. The summed E-state index contributed by atoms with van der Waals surface area (Å²) in [6.07, 6.45) is 0. The maximum absolute atomic E-state index is 11.1. The summed E-state index contributed by atoms with van der Waals surface area (Å²) in [6.45, 7) is 0. The van der Waals surface area contributed by atoms with Crippen molar-refractivity contribution in [3.63, 3.8) is 0 Å². The van der Waals surface area contributed by atoms with E-state index >= 15 is 0 Å². The summed E-state index contributed by atoms with van der Waals surface area (Å²) in [7, 11) is 0. The van der Waals surface area contributed by atoms with E-state index in [0.717, 1.165) is 0 Å². The van der Waals surface area contributed by atoms with E-state index in [4.69, 9.17) is 15.3 Å². The number of carboxylic acids is 3. The van der Waals surface area contributed by atoms with Crippen LogP contribution >= 0.6 is 0 Å². The molecule has 0 saturated carbocycles. The Kier molecular flexibility index (Phi) is 4.40. The van der Waals surface area contributed by atoms with Gasteiger partial charge >= 0.3 is 35.0 Å². The summed E-state index contributed by atoms with van der Waals surface area (Å²) >= 11 is 0. The molecule has 0 aromatic heterocycles. The van der Waals surface area contributed by atoms with Crippen LogP contribution in [0.5, 0.6) is 0 Å². The first-order valence-electron chi connectivity index (χ1n) is 5.30. The van der Waals surface area contributed by atoms with Crippen LogP contribution < -0.4 is 0 Å². The Morgan fingerprint density at radius 2 is 0.750 bits per heavy atom. The quantitative estimate of drug-likeness (QED) is 0.471. The van der Waals surface area contributed by atoms with Crippen LogP contribution in [0.2, 0.25) is 0 Å². The molecule has 0 aliphatic rings. The minimum atomic E-state index is -2.41. The van der Waals surface area contributed by atoms with Crippen molar-refractivity contribution in [3.05, 3.63) is 47.0 Å². The summed E-state index contributed by atoms with van der Waals surface area (Å²) < 4.78 is 0. The topological polar surface area (TPSA) is 241 Å². The Morgan fingerprint density at radius 3 is 0.833 bits per heavy atom. The molecule has 0 bridgehead atoms. The number of rotatable bonds is 6. The van der Waals surface area contributed by atoms with Gasteiger partial charge in [0.05, 0.1) is 14.8 Å². The predicted octanol–water partition coefficient (Wildman–Crippen LogP) is 0.506. The zero-order chi connectivity index (χ0) is 18.9. The summed E-state index contributed by atoms with van der Waals surface area (Å²) in [6, 6.07) is 0. The maximum atomic E-state index is 11.1. The number of nitro groups is 3. The third-order valence-electron chi connectivity index (χ3n) is 2.61. The van der Waals surface area contributed by atoms with Gasteiger partial charge in [-0.2, -0.15) is 0 Å². The highest BCUT2D eigenvalue weighted by atomic mass is 16.6. The van der Waals surface area contributed by atoms with Gasteiger partial charge in [0.15, 0.2) is 0 Å². The van der Waals surface area contributed by atoms with Gasteiger partial charge in [-0.25, -0.2) is 14.4 Å². The summed E-state index contributed by atoms with van der Waals surface area (Å²) in [5.41, 5.74) is -11.6. The van der Waals surface area contributed by atoms with Gasteiger partial charge in [-0.15, -0.1) is 0 Å². The first-order chi connectivity index (χ1) is 10.9. The van der Waals surface area contributed by atoms with E-state index in [2.05, 4.69) is 0 Å². The zero-order valence-electron chi connectivity index (χ0n) is 10.9. The highest BCUT2D eigenvalue weighted by Gasteiger charge is 2.49. The fourth-order valence-electron chi connectivity index (χ4n) is 1.87. The lowest BCUT2D eigenvalue weighted by atomic mass is 9.96. The van der Waals surface area contributed by atoms with Gasteiger partial charge in [-0.05, 0) is 0 Å². The SMILES string of the molecule is O=C(O)c1c([N+](=O)[O-])c(C(=O)O)c([N+](=O)[O-])c(C(=O)O)c1[N+](=O)[O-]. The van der Waals surface area contributed by atoms with Crippen molar-refractivity contribution >= 4 is 35.0 Å². The van der Waals surface area contributed by atoms with E-state index in [1.165, 1.54) is 0 Å². The summed E-state index contributed by atoms with van der Waals surface area (Å²) in [4.78, 5) is 61.2. The average molecular weight is 345 g/mol. The zero-order valence-corrected chi connectivity index (χ0v) is 10.9. The molecule has 3 N–H and O–H groups in total. The first kappa shape index (κ1) is 17.9. The Balaban J connectivity index is 4.50. The molecule has 0 amide bonds. The maximum Gasteiger partial charge on any atom is 0.349 e. The molecule has 0 aliphatic carbocycles. The third kappa shape index (κ3) is 2.63. The molecule has 1 aromatic carbocycles. The molecule has 24 heavy (non-hydrogen) atoms. The highest BCUT2D eigenvalue weighted by Crippen LogP contribution is 2.42. The van der Waals surface area contributed by atoms with Crippen molar-refractivity contribution in [2.24, 2.45) is 0 Å². The molecule has 15 nitrogen and oxygen atoms in total. The van der Waals surface area contributed by atoms with Crippen LogP contribution in [0.3, 0.4) is 0 Å². The van der Waals surface area contributed by atoms with E-state index in [-0.39, 0.29) is 0 Å². The Hall–Kier alpha value is -4.17. The van der Waals surface area contributed by atoms with Crippen LogP contribution in [0.1, 0.15) is 31.1 Å². The number of benzene rings is 1. The molecule has 1 rings (SSSR count). The summed E-state index contributed by atoms with van der Waals surface area (Å²) in [5, 5.41) is 59.7. The molecule has 0 fully saturated rings. The largest absolute Gasteiger partial charge is 0.477 e. The Labute approximate surface area is 127 Å². The molecular weight excluding hydrogens is 342 g/mol. The van der Waals surface area contributed by atoms with Crippen LogP contribution in [-0.2, 0) is 0 Å². The van der Waals surface area contributed by atoms with Gasteiger partial charge in [0.25, 0.3) is 0 Å². The number of carbonyl (C=O) groups is 3. The second-order valence-electron chi connectivity index (χ2n) is 3.86. The van der Waals surface area contributed by atoms with Gasteiger partial charge in [-0.1, -0.05) is 0 Å². The predicted molar refractivity (Wildman–Crippen MR) is 67.3 cm³/mol. The summed E-state index contributed by atoms with van der Waals surface area (Å²) in [5.74, 6) is -7.23. The number of hydrogen-bond donors (Lipinski definition) is 3. The van der Waals surface area contributed by atoms with Crippen LogP contribution in [0.4, 0.5) is 17.1 Å². The number of aromatic carboxylic acids is 3. The highest BCUT2D eigenvalue weighted by molar-refractivity contribution is 6.13. The molecular formula is C9H3N3O12. The van der Waals surface area contributed by atoms with Gasteiger partial charge in [-0.3, -0.25) is 30.3 Å². The molecule has 0 atom stereocenters. The minimum Gasteiger partial charge on any atom is -0.477 e. The van der Waals surface area contributed by atoms with Crippen molar-refractivity contribution in [2.45, 2.75) is 0 Å². The van der Waals surface area contributed by atoms with Crippen LogP contribution in [0.15, 0.2) is 0 Å². The molecule has 0 spiro atoms. The fourth-order valence-corrected chi connectivity index (χ4v) is 1.87. The molecule has 0 aliphatic heterocycles. The molecule has 0 radical (unpaired) electrons. The standard InChI is InChI=1S/C9H3N3O12/c13-7(14)1-4(10(19)20)2(8(15)16)6(12(23)24)3(9(17)18)5(1)11(21)22/h(H,13,14)(H,15,16)(H,17,18). The minimum absolute atomic E-state index is 1.70. The monoisotopic (exact) mass is 345 g/mol. The third-order valence-corrected chi connectivity index (χ3v) is 2.61. The molecule has 0 heterocycles. The average Bonchev–Trinajstić information content (AvgIpc) is 2.42. The lowest BCUT2D eigenvalue weighted by Gasteiger charge is -2.07. The van der Waals surface area contributed by atoms with Gasteiger partial charge in [0.2, 0.25) is 16.7 Å². The lowest BCUT2D eigenvalue weighted by molar-refractivity contribution is -0.404. The van der Waals surface area contributed by atoms with Crippen LogP contribution in [-0.4, -0.2) is 48.0 Å². The Morgan fingerprint density at radius 1 is 0.583 bits per heavy atom. The van der Waals surface area contributed by atoms with Crippen LogP contribution in [0, 0.1) is 30.3 Å². The van der Waals surface area contributed by atoms with E-state index in [1.54, 1.807) is 0 Å². The van der Waals surface area contributed by atoms with Crippen molar-refractivity contribution in [2.75, 3.05) is 0 Å². The second-order valence-corrected chi connectivity index (χ2v) is 3.86.